The van der Waals surface area contributed by atoms with Crippen molar-refractivity contribution >= 4 is 22.5 Å². The number of nitrogens with zero attached hydrogens (tertiary/aromatic N) is 5. The molecule has 108 valence electrons. The molecule has 0 spiro atoms. The minimum Gasteiger partial charge on any atom is -0.287 e. The van der Waals surface area contributed by atoms with Gasteiger partial charge in [0.05, 0.1) is 11.7 Å². The molecular weight excluding hydrogens is 286 g/mol. The van der Waals surface area contributed by atoms with Crippen molar-refractivity contribution in [2.75, 3.05) is 0 Å². The molecule has 0 aromatic carbocycles. The highest BCUT2D eigenvalue weighted by Crippen LogP contribution is 2.27. The molecule has 0 aliphatic rings. The third kappa shape index (κ3) is 2.33. The molecule has 6 nitrogen and oxygen atoms in total. The van der Waals surface area contributed by atoms with Gasteiger partial charge in [-0.1, -0.05) is 6.92 Å². The second kappa shape index (κ2) is 5.33. The largest absolute Gasteiger partial charge is 0.287 e. The van der Waals surface area contributed by atoms with Crippen LogP contribution in [-0.2, 0) is 0 Å². The summed E-state index contributed by atoms with van der Waals surface area (Å²) in [5.74, 6) is 0. The number of thiazole rings is 1. The van der Waals surface area contributed by atoms with E-state index in [-0.39, 0.29) is 11.6 Å². The molecule has 0 saturated carbocycles. The molecule has 3 aromatic heterocycles. The number of rotatable bonds is 3. The predicted molar refractivity (Wildman–Crippen MR) is 81.6 cm³/mol. The summed E-state index contributed by atoms with van der Waals surface area (Å²) in [5.41, 5.74) is 1.50. The number of hydrogen-bond acceptors (Lipinski definition) is 6. The predicted octanol–water partition coefficient (Wildman–Crippen LogP) is 2.26. The summed E-state index contributed by atoms with van der Waals surface area (Å²) in [6, 6.07) is -0.117. The monoisotopic (exact) mass is 301 g/mol. The number of hydrogen-bond donors (Lipinski definition) is 0. The fraction of sp³-hybridized carbons (Fsp3) is 0.357. The summed E-state index contributed by atoms with van der Waals surface area (Å²) in [4.78, 5) is 30.7. The summed E-state index contributed by atoms with van der Waals surface area (Å²) in [7, 11) is 0. The minimum atomic E-state index is -0.176. The Bertz CT molecular complexity index is 834. The van der Waals surface area contributed by atoms with Crippen LogP contribution >= 0.6 is 11.3 Å². The standard InChI is InChI=1S/C14H15N5OS/c1-4-10(13-18-8(2)9(3)21-13)19-7-17-12-11(14(19)20)15-5-6-16-12/h5-7,10H,4H2,1-3H3/t10-/m0/s1. The molecule has 0 amide bonds. The maximum atomic E-state index is 12.6. The van der Waals surface area contributed by atoms with E-state index in [1.54, 1.807) is 22.2 Å². The van der Waals surface area contributed by atoms with Crippen LogP contribution in [0.2, 0.25) is 0 Å². The maximum Gasteiger partial charge on any atom is 0.282 e. The van der Waals surface area contributed by atoms with Crippen molar-refractivity contribution in [1.82, 2.24) is 24.5 Å². The van der Waals surface area contributed by atoms with Crippen LogP contribution in [0.15, 0.2) is 23.5 Å². The molecule has 0 unspecified atom stereocenters. The quantitative estimate of drug-likeness (QED) is 0.742. The van der Waals surface area contributed by atoms with Crippen LogP contribution < -0.4 is 5.56 Å². The molecule has 0 fully saturated rings. The zero-order valence-electron chi connectivity index (χ0n) is 12.1. The van der Waals surface area contributed by atoms with Crippen LogP contribution in [0.5, 0.6) is 0 Å². The Morgan fingerprint density at radius 2 is 2.00 bits per heavy atom. The van der Waals surface area contributed by atoms with Gasteiger partial charge in [0, 0.05) is 17.3 Å². The number of aromatic nitrogens is 5. The van der Waals surface area contributed by atoms with E-state index >= 15 is 0 Å². The topological polar surface area (TPSA) is 73.6 Å². The van der Waals surface area contributed by atoms with Gasteiger partial charge in [0.2, 0.25) is 0 Å². The van der Waals surface area contributed by atoms with E-state index < -0.39 is 0 Å². The summed E-state index contributed by atoms with van der Waals surface area (Å²) < 4.78 is 1.61. The first-order valence-corrected chi connectivity index (χ1v) is 7.55. The average molecular weight is 301 g/mol. The Balaban J connectivity index is 2.17. The van der Waals surface area contributed by atoms with E-state index in [4.69, 9.17) is 0 Å². The Morgan fingerprint density at radius 1 is 1.24 bits per heavy atom. The van der Waals surface area contributed by atoms with Crippen LogP contribution in [0.3, 0.4) is 0 Å². The van der Waals surface area contributed by atoms with Crippen LogP contribution in [0.25, 0.3) is 11.2 Å². The smallest absolute Gasteiger partial charge is 0.282 e. The fourth-order valence-electron chi connectivity index (χ4n) is 2.22. The third-order valence-electron chi connectivity index (χ3n) is 3.47. The SMILES string of the molecule is CC[C@@H](c1nc(C)c(C)s1)n1cnc2nccnc2c1=O. The van der Waals surface area contributed by atoms with Crippen molar-refractivity contribution < 1.29 is 0 Å². The van der Waals surface area contributed by atoms with E-state index in [1.165, 1.54) is 17.3 Å². The molecule has 3 heterocycles. The fourth-order valence-corrected chi connectivity index (χ4v) is 3.33. The Kier molecular flexibility index (Phi) is 3.50. The molecule has 0 aliphatic heterocycles. The van der Waals surface area contributed by atoms with Gasteiger partial charge in [-0.05, 0) is 20.3 Å². The van der Waals surface area contributed by atoms with Crippen molar-refractivity contribution in [3.8, 4) is 0 Å². The van der Waals surface area contributed by atoms with Crippen LogP contribution in [0.1, 0.15) is 35.0 Å². The van der Waals surface area contributed by atoms with Gasteiger partial charge in [-0.25, -0.2) is 19.9 Å². The Hall–Kier alpha value is -2.15. The second-order valence-electron chi connectivity index (χ2n) is 4.80. The van der Waals surface area contributed by atoms with Crippen molar-refractivity contribution in [2.45, 2.75) is 33.2 Å². The van der Waals surface area contributed by atoms with Crippen LogP contribution in [-0.4, -0.2) is 24.5 Å². The molecule has 21 heavy (non-hydrogen) atoms. The van der Waals surface area contributed by atoms with E-state index in [0.717, 1.165) is 17.1 Å². The maximum absolute atomic E-state index is 12.6. The molecule has 0 aliphatic carbocycles. The molecule has 7 heteroatoms. The summed E-state index contributed by atoms with van der Waals surface area (Å²) in [6.45, 7) is 6.05. The Labute approximate surface area is 125 Å². The number of aryl methyl sites for hydroxylation is 2. The van der Waals surface area contributed by atoms with Gasteiger partial charge in [0.1, 0.15) is 11.3 Å². The molecule has 0 radical (unpaired) electrons. The van der Waals surface area contributed by atoms with Gasteiger partial charge in [-0.3, -0.25) is 9.36 Å². The van der Waals surface area contributed by atoms with Crippen LogP contribution in [0.4, 0.5) is 0 Å². The zero-order chi connectivity index (χ0) is 15.0. The van der Waals surface area contributed by atoms with Crippen molar-refractivity contribution in [1.29, 1.82) is 0 Å². The zero-order valence-corrected chi connectivity index (χ0v) is 12.9. The van der Waals surface area contributed by atoms with E-state index in [1.807, 2.05) is 20.8 Å². The third-order valence-corrected chi connectivity index (χ3v) is 4.65. The summed E-state index contributed by atoms with van der Waals surface area (Å²) in [5, 5.41) is 0.930. The van der Waals surface area contributed by atoms with Crippen LogP contribution in [0, 0.1) is 13.8 Å². The molecular formula is C14H15N5OS. The van der Waals surface area contributed by atoms with E-state index in [2.05, 4.69) is 19.9 Å². The molecule has 0 saturated heterocycles. The van der Waals surface area contributed by atoms with Gasteiger partial charge in [0.25, 0.3) is 5.56 Å². The highest BCUT2D eigenvalue weighted by Gasteiger charge is 2.19. The van der Waals surface area contributed by atoms with Crippen molar-refractivity contribution in [3.63, 3.8) is 0 Å². The summed E-state index contributed by atoms with van der Waals surface area (Å²) >= 11 is 1.62. The molecule has 0 N–H and O–H groups in total. The summed E-state index contributed by atoms with van der Waals surface area (Å²) in [6.07, 6.45) is 5.34. The van der Waals surface area contributed by atoms with E-state index in [9.17, 15) is 4.79 Å². The first kappa shape index (κ1) is 13.8. The highest BCUT2D eigenvalue weighted by molar-refractivity contribution is 7.11. The molecule has 1 atom stereocenters. The molecule has 3 aromatic rings. The Morgan fingerprint density at radius 3 is 2.67 bits per heavy atom. The normalized spacial score (nSPS) is 12.7. The second-order valence-corrected chi connectivity index (χ2v) is 6.04. The first-order valence-electron chi connectivity index (χ1n) is 6.73. The molecule has 3 rings (SSSR count). The lowest BCUT2D eigenvalue weighted by Gasteiger charge is -2.15. The average Bonchev–Trinajstić information content (AvgIpc) is 2.82. The minimum absolute atomic E-state index is 0.117. The lowest BCUT2D eigenvalue weighted by atomic mass is 10.2. The van der Waals surface area contributed by atoms with Gasteiger partial charge < -0.3 is 0 Å². The van der Waals surface area contributed by atoms with Gasteiger partial charge in [-0.15, -0.1) is 11.3 Å². The van der Waals surface area contributed by atoms with Gasteiger partial charge >= 0.3 is 0 Å². The first-order chi connectivity index (χ1) is 10.1. The van der Waals surface area contributed by atoms with Crippen molar-refractivity contribution in [2.24, 2.45) is 0 Å². The number of fused-ring (bicyclic) bond motifs is 1. The lowest BCUT2D eigenvalue weighted by molar-refractivity contribution is 0.540. The van der Waals surface area contributed by atoms with Gasteiger partial charge in [-0.2, -0.15) is 0 Å². The molecule has 0 bridgehead atoms. The lowest BCUT2D eigenvalue weighted by Crippen LogP contribution is -2.26. The van der Waals surface area contributed by atoms with E-state index in [0.29, 0.717) is 11.2 Å². The van der Waals surface area contributed by atoms with Crippen molar-refractivity contribution in [3.05, 3.63) is 44.7 Å². The highest BCUT2D eigenvalue weighted by atomic mass is 32.1. The van der Waals surface area contributed by atoms with Gasteiger partial charge in [0.15, 0.2) is 11.2 Å².